The molecule has 0 bridgehead atoms. The van der Waals surface area contributed by atoms with E-state index in [1.807, 2.05) is 0 Å². The molecule has 7 heteroatoms. The summed E-state index contributed by atoms with van der Waals surface area (Å²) in [5.41, 5.74) is -0.734. The third-order valence-corrected chi connectivity index (χ3v) is 3.27. The van der Waals surface area contributed by atoms with Gasteiger partial charge in [0, 0.05) is 6.08 Å². The third kappa shape index (κ3) is 5.84. The molecule has 0 aliphatic carbocycles. The van der Waals surface area contributed by atoms with Gasteiger partial charge in [-0.3, -0.25) is 0 Å². The highest BCUT2D eigenvalue weighted by atomic mass is 19.4. The second-order valence-corrected chi connectivity index (χ2v) is 5.30. The minimum atomic E-state index is -4.38. The van der Waals surface area contributed by atoms with Crippen LogP contribution in [0.2, 0.25) is 0 Å². The molecule has 0 saturated carbocycles. The number of halogens is 3. The Balaban J connectivity index is 1.95. The number of carbonyl (C=O) groups is 1. The quantitative estimate of drug-likeness (QED) is 0.533. The Morgan fingerprint density at radius 3 is 1.96 bits per heavy atom. The Kier molecular flexibility index (Phi) is 6.27. The van der Waals surface area contributed by atoms with Crippen LogP contribution in [0.4, 0.5) is 13.2 Å². The van der Waals surface area contributed by atoms with Crippen LogP contribution in [-0.4, -0.2) is 19.2 Å². The Morgan fingerprint density at radius 2 is 1.46 bits per heavy atom. The Labute approximate surface area is 148 Å². The highest BCUT2D eigenvalue weighted by Crippen LogP contribution is 2.31. The van der Waals surface area contributed by atoms with Gasteiger partial charge < -0.3 is 14.2 Å². The number of hydrogen-bond acceptors (Lipinski definition) is 4. The Morgan fingerprint density at radius 1 is 0.962 bits per heavy atom. The molecule has 0 aliphatic heterocycles. The fourth-order valence-electron chi connectivity index (χ4n) is 1.97. The molecule has 2 aromatic carbocycles. The molecule has 138 valence electrons. The number of methoxy groups -OCH3 is 1. The minimum Gasteiger partial charge on any atom is -0.487 e. The monoisotopic (exact) mass is 366 g/mol. The van der Waals surface area contributed by atoms with E-state index in [2.05, 4.69) is 4.74 Å². The molecular formula is C19H17F3O4. The fourth-order valence-corrected chi connectivity index (χ4v) is 1.97. The van der Waals surface area contributed by atoms with Crippen molar-refractivity contribution in [2.24, 2.45) is 0 Å². The molecule has 2 aromatic rings. The summed E-state index contributed by atoms with van der Waals surface area (Å²) in [6.07, 6.45) is -1.90. The first kappa shape index (κ1) is 19.4. The highest BCUT2D eigenvalue weighted by Gasteiger charge is 2.30. The topological polar surface area (TPSA) is 44.8 Å². The molecule has 0 amide bonds. The van der Waals surface area contributed by atoms with Crippen molar-refractivity contribution < 1.29 is 32.2 Å². The molecule has 0 aliphatic rings. The molecule has 2 rings (SSSR count). The van der Waals surface area contributed by atoms with Gasteiger partial charge in [0.1, 0.15) is 23.4 Å². The molecule has 0 heterocycles. The highest BCUT2D eigenvalue weighted by molar-refractivity contribution is 5.81. The van der Waals surface area contributed by atoms with E-state index < -0.39 is 17.7 Å². The number of carbonyl (C=O) groups excluding carboxylic acids is 1. The van der Waals surface area contributed by atoms with Gasteiger partial charge in [-0.1, -0.05) is 0 Å². The summed E-state index contributed by atoms with van der Waals surface area (Å²) in [5.74, 6) is 0.823. The maximum Gasteiger partial charge on any atom is 0.416 e. The van der Waals surface area contributed by atoms with E-state index in [0.29, 0.717) is 17.2 Å². The maximum atomic E-state index is 12.5. The molecule has 0 aromatic heterocycles. The van der Waals surface area contributed by atoms with Crippen LogP contribution in [0.15, 0.2) is 60.7 Å². The number of esters is 1. The Hall–Kier alpha value is -2.96. The van der Waals surface area contributed by atoms with Crippen LogP contribution in [-0.2, 0) is 15.7 Å². The van der Waals surface area contributed by atoms with Crippen molar-refractivity contribution in [2.75, 3.05) is 7.11 Å². The van der Waals surface area contributed by atoms with Crippen molar-refractivity contribution in [3.05, 3.63) is 66.2 Å². The van der Waals surface area contributed by atoms with Gasteiger partial charge in [-0.15, -0.1) is 0 Å². The summed E-state index contributed by atoms with van der Waals surface area (Å²) in [5, 5.41) is 0. The standard InChI is InChI=1S/C19H17F3O4/c1-13(3-12-18(23)24-2)25-15-8-10-17(11-9-15)26-16-6-4-14(5-7-16)19(20,21)22/h3-13H,1-2H3/b12-3+. The van der Waals surface area contributed by atoms with Crippen LogP contribution in [0.1, 0.15) is 12.5 Å². The Bertz CT molecular complexity index is 750. The van der Waals surface area contributed by atoms with Gasteiger partial charge in [-0.25, -0.2) is 4.79 Å². The van der Waals surface area contributed by atoms with Gasteiger partial charge in [0.2, 0.25) is 0 Å². The summed E-state index contributed by atoms with van der Waals surface area (Å²) < 4.78 is 53.2. The number of benzene rings is 2. The summed E-state index contributed by atoms with van der Waals surface area (Å²) in [7, 11) is 1.29. The molecule has 0 spiro atoms. The third-order valence-electron chi connectivity index (χ3n) is 3.27. The normalized spacial score (nSPS) is 12.7. The second-order valence-electron chi connectivity index (χ2n) is 5.30. The number of alkyl halides is 3. The molecule has 1 atom stereocenters. The predicted octanol–water partition coefficient (Wildman–Crippen LogP) is 4.99. The zero-order valence-electron chi connectivity index (χ0n) is 14.1. The van der Waals surface area contributed by atoms with E-state index in [1.54, 1.807) is 37.3 Å². The lowest BCUT2D eigenvalue weighted by atomic mass is 10.2. The van der Waals surface area contributed by atoms with Crippen molar-refractivity contribution in [1.29, 1.82) is 0 Å². The van der Waals surface area contributed by atoms with Gasteiger partial charge in [0.25, 0.3) is 0 Å². The smallest absolute Gasteiger partial charge is 0.416 e. The summed E-state index contributed by atoms with van der Waals surface area (Å²) in [4.78, 5) is 11.0. The van der Waals surface area contributed by atoms with Crippen LogP contribution in [0.5, 0.6) is 17.2 Å². The van der Waals surface area contributed by atoms with E-state index in [-0.39, 0.29) is 6.10 Å². The SMILES string of the molecule is COC(=O)/C=C/C(C)Oc1ccc(Oc2ccc(C(F)(F)F)cc2)cc1. The van der Waals surface area contributed by atoms with Crippen LogP contribution in [0, 0.1) is 0 Å². The van der Waals surface area contributed by atoms with Gasteiger partial charge in [-0.2, -0.15) is 13.2 Å². The molecule has 0 radical (unpaired) electrons. The first-order valence-electron chi connectivity index (χ1n) is 7.66. The van der Waals surface area contributed by atoms with Crippen LogP contribution in [0.3, 0.4) is 0 Å². The number of rotatable bonds is 6. The molecule has 0 saturated heterocycles. The number of ether oxygens (including phenoxy) is 3. The lowest BCUT2D eigenvalue weighted by Crippen LogP contribution is -2.09. The molecule has 1 unspecified atom stereocenters. The second kappa shape index (κ2) is 8.42. The van der Waals surface area contributed by atoms with Crippen molar-refractivity contribution in [3.63, 3.8) is 0 Å². The molecule has 26 heavy (non-hydrogen) atoms. The molecule has 0 fully saturated rings. The molecule has 4 nitrogen and oxygen atoms in total. The van der Waals surface area contributed by atoms with Crippen LogP contribution >= 0.6 is 0 Å². The largest absolute Gasteiger partial charge is 0.487 e. The molecular weight excluding hydrogens is 349 g/mol. The van der Waals surface area contributed by atoms with E-state index in [1.165, 1.54) is 25.3 Å². The summed E-state index contributed by atoms with van der Waals surface area (Å²) in [6, 6.07) is 11.0. The zero-order valence-corrected chi connectivity index (χ0v) is 14.1. The summed E-state index contributed by atoms with van der Waals surface area (Å²) in [6.45, 7) is 1.76. The molecule has 0 N–H and O–H groups in total. The zero-order chi connectivity index (χ0) is 19.2. The average Bonchev–Trinajstić information content (AvgIpc) is 2.61. The van der Waals surface area contributed by atoms with Gasteiger partial charge >= 0.3 is 12.1 Å². The maximum absolute atomic E-state index is 12.5. The minimum absolute atomic E-state index is 0.293. The van der Waals surface area contributed by atoms with Crippen molar-refractivity contribution >= 4 is 5.97 Å². The van der Waals surface area contributed by atoms with Crippen LogP contribution in [0.25, 0.3) is 0 Å². The van der Waals surface area contributed by atoms with Crippen molar-refractivity contribution in [3.8, 4) is 17.2 Å². The lowest BCUT2D eigenvalue weighted by molar-refractivity contribution is -0.137. The summed E-state index contributed by atoms with van der Waals surface area (Å²) >= 11 is 0. The van der Waals surface area contributed by atoms with E-state index in [9.17, 15) is 18.0 Å². The van der Waals surface area contributed by atoms with Gasteiger partial charge in [-0.05, 0) is 61.5 Å². The van der Waals surface area contributed by atoms with Crippen molar-refractivity contribution in [1.82, 2.24) is 0 Å². The van der Waals surface area contributed by atoms with Gasteiger partial charge in [0.05, 0.1) is 12.7 Å². The lowest BCUT2D eigenvalue weighted by Gasteiger charge is -2.12. The first-order valence-corrected chi connectivity index (χ1v) is 7.66. The van der Waals surface area contributed by atoms with Gasteiger partial charge in [0.15, 0.2) is 0 Å². The number of hydrogen-bond donors (Lipinski definition) is 0. The van der Waals surface area contributed by atoms with E-state index in [4.69, 9.17) is 9.47 Å². The van der Waals surface area contributed by atoms with Crippen LogP contribution < -0.4 is 9.47 Å². The van der Waals surface area contributed by atoms with Crippen molar-refractivity contribution in [2.45, 2.75) is 19.2 Å². The average molecular weight is 366 g/mol. The first-order chi connectivity index (χ1) is 12.3. The fraction of sp³-hybridized carbons (Fsp3) is 0.211. The van der Waals surface area contributed by atoms with E-state index in [0.717, 1.165) is 12.1 Å². The van der Waals surface area contributed by atoms with E-state index >= 15 is 0 Å². The predicted molar refractivity (Wildman–Crippen MR) is 89.2 cm³/mol.